The number of aromatic nitrogens is 2. The largest absolute Gasteiger partial charge is 0.325 e. The summed E-state index contributed by atoms with van der Waals surface area (Å²) < 4.78 is 4.56. The van der Waals surface area contributed by atoms with Crippen molar-refractivity contribution in [3.05, 3.63) is 11.4 Å². The molecule has 0 amide bonds. The van der Waals surface area contributed by atoms with Crippen molar-refractivity contribution in [2.24, 2.45) is 5.73 Å². The van der Waals surface area contributed by atoms with Crippen molar-refractivity contribution in [1.29, 1.82) is 0 Å². The van der Waals surface area contributed by atoms with Crippen LogP contribution in [0.15, 0.2) is 4.63 Å². The molecule has 54 valence electrons. The van der Waals surface area contributed by atoms with E-state index in [-0.39, 0.29) is 0 Å². The molecule has 4 nitrogen and oxygen atoms in total. The average Bonchev–Trinajstić information content (AvgIpc) is 2.69. The molecule has 0 saturated heterocycles. The molecule has 1 aromatic rings. The second-order valence-electron chi connectivity index (χ2n) is 2.57. The lowest BCUT2D eigenvalue weighted by atomic mass is 10.2. The highest BCUT2D eigenvalue weighted by atomic mass is 16.6. The maximum absolute atomic E-state index is 5.40. The van der Waals surface area contributed by atoms with Crippen LogP contribution in [0.5, 0.6) is 0 Å². The fourth-order valence-corrected chi connectivity index (χ4v) is 1.02. The summed E-state index contributed by atoms with van der Waals surface area (Å²) in [5.41, 5.74) is 7.19. The van der Waals surface area contributed by atoms with Crippen LogP contribution in [-0.2, 0) is 6.54 Å². The summed E-state index contributed by atoms with van der Waals surface area (Å²) in [4.78, 5) is 0. The number of rotatable bonds is 2. The Labute approximate surface area is 58.4 Å². The lowest BCUT2D eigenvalue weighted by Crippen LogP contribution is -1.99. The third kappa shape index (κ3) is 0.806. The monoisotopic (exact) mass is 139 g/mol. The van der Waals surface area contributed by atoms with Crippen LogP contribution in [0.3, 0.4) is 0 Å². The van der Waals surface area contributed by atoms with Gasteiger partial charge in [0.1, 0.15) is 11.4 Å². The molecule has 0 spiro atoms. The van der Waals surface area contributed by atoms with Gasteiger partial charge in [-0.2, -0.15) is 0 Å². The molecule has 0 aromatic carbocycles. The highest BCUT2D eigenvalue weighted by Crippen LogP contribution is 2.39. The zero-order valence-electron chi connectivity index (χ0n) is 5.58. The van der Waals surface area contributed by atoms with Gasteiger partial charge in [-0.3, -0.25) is 0 Å². The third-order valence-corrected chi connectivity index (χ3v) is 1.74. The van der Waals surface area contributed by atoms with Crippen LogP contribution in [0.4, 0.5) is 0 Å². The lowest BCUT2D eigenvalue weighted by Gasteiger charge is -1.88. The molecular weight excluding hydrogens is 130 g/mol. The Morgan fingerprint density at radius 1 is 1.50 bits per heavy atom. The Morgan fingerprint density at radius 2 is 2.30 bits per heavy atom. The van der Waals surface area contributed by atoms with E-state index in [1.54, 1.807) is 0 Å². The fourth-order valence-electron chi connectivity index (χ4n) is 1.02. The first kappa shape index (κ1) is 5.85. The van der Waals surface area contributed by atoms with Gasteiger partial charge >= 0.3 is 0 Å². The Kier molecular flexibility index (Phi) is 1.20. The minimum Gasteiger partial charge on any atom is -0.325 e. The number of nitrogens with zero attached hydrogens (tertiary/aromatic N) is 2. The molecule has 1 saturated carbocycles. The lowest BCUT2D eigenvalue weighted by molar-refractivity contribution is 0.300. The molecule has 2 rings (SSSR count). The van der Waals surface area contributed by atoms with Crippen LogP contribution in [0.2, 0.25) is 0 Å². The molecule has 1 fully saturated rings. The quantitative estimate of drug-likeness (QED) is 0.644. The number of nitrogens with two attached hydrogens (primary N) is 1. The van der Waals surface area contributed by atoms with Crippen LogP contribution in [0.1, 0.15) is 30.1 Å². The van der Waals surface area contributed by atoms with E-state index in [0.29, 0.717) is 12.5 Å². The molecule has 0 radical (unpaired) electrons. The Balaban J connectivity index is 2.28. The Bertz CT molecular complexity index is 229. The fraction of sp³-hybridized carbons (Fsp3) is 0.667. The van der Waals surface area contributed by atoms with Crippen LogP contribution in [-0.4, -0.2) is 10.3 Å². The van der Waals surface area contributed by atoms with Crippen molar-refractivity contribution < 1.29 is 4.63 Å². The van der Waals surface area contributed by atoms with Crippen LogP contribution < -0.4 is 5.73 Å². The molecule has 1 aromatic heterocycles. The molecule has 0 unspecified atom stereocenters. The van der Waals surface area contributed by atoms with Crippen molar-refractivity contribution in [2.75, 3.05) is 0 Å². The highest BCUT2D eigenvalue weighted by Gasteiger charge is 2.29. The van der Waals surface area contributed by atoms with Crippen LogP contribution in [0.25, 0.3) is 0 Å². The highest BCUT2D eigenvalue weighted by molar-refractivity contribution is 5.17. The normalized spacial score (nSPS) is 17.7. The molecule has 10 heavy (non-hydrogen) atoms. The topological polar surface area (TPSA) is 64.9 Å². The van der Waals surface area contributed by atoms with E-state index in [4.69, 9.17) is 5.73 Å². The SMILES string of the molecule is NCc1nonc1C1CC1. The summed E-state index contributed by atoms with van der Waals surface area (Å²) in [5.74, 6) is 0.588. The maximum Gasteiger partial charge on any atom is 0.122 e. The van der Waals surface area contributed by atoms with Gasteiger partial charge in [0, 0.05) is 12.5 Å². The van der Waals surface area contributed by atoms with Gasteiger partial charge in [-0.15, -0.1) is 0 Å². The van der Waals surface area contributed by atoms with E-state index in [1.807, 2.05) is 0 Å². The van der Waals surface area contributed by atoms with Gasteiger partial charge in [0.05, 0.1) is 0 Å². The minimum absolute atomic E-state index is 0.440. The zero-order chi connectivity index (χ0) is 6.97. The predicted octanol–water partition coefficient (Wildman–Crippen LogP) is 0.406. The summed E-state index contributed by atoms with van der Waals surface area (Å²) in [6.07, 6.45) is 2.42. The van der Waals surface area contributed by atoms with E-state index in [2.05, 4.69) is 14.9 Å². The van der Waals surface area contributed by atoms with Gasteiger partial charge in [0.15, 0.2) is 0 Å². The van der Waals surface area contributed by atoms with Crippen molar-refractivity contribution in [2.45, 2.75) is 25.3 Å². The molecule has 0 aliphatic heterocycles. The predicted molar refractivity (Wildman–Crippen MR) is 34.2 cm³/mol. The van der Waals surface area contributed by atoms with Gasteiger partial charge in [-0.25, -0.2) is 4.63 Å². The van der Waals surface area contributed by atoms with Gasteiger partial charge in [-0.05, 0) is 12.8 Å². The van der Waals surface area contributed by atoms with Crippen molar-refractivity contribution >= 4 is 0 Å². The first-order valence-corrected chi connectivity index (χ1v) is 3.43. The molecule has 0 bridgehead atoms. The van der Waals surface area contributed by atoms with Crippen molar-refractivity contribution in [1.82, 2.24) is 10.3 Å². The van der Waals surface area contributed by atoms with Gasteiger partial charge in [0.2, 0.25) is 0 Å². The molecule has 2 N–H and O–H groups in total. The summed E-state index contributed by atoms with van der Waals surface area (Å²) >= 11 is 0. The van der Waals surface area contributed by atoms with Gasteiger partial charge in [-0.1, -0.05) is 10.3 Å². The molecule has 4 heteroatoms. The van der Waals surface area contributed by atoms with Gasteiger partial charge in [0.25, 0.3) is 0 Å². The third-order valence-electron chi connectivity index (χ3n) is 1.74. The van der Waals surface area contributed by atoms with E-state index >= 15 is 0 Å². The summed E-state index contributed by atoms with van der Waals surface area (Å²) in [6, 6.07) is 0. The van der Waals surface area contributed by atoms with Crippen molar-refractivity contribution in [3.63, 3.8) is 0 Å². The summed E-state index contributed by atoms with van der Waals surface area (Å²) in [6.45, 7) is 0.440. The van der Waals surface area contributed by atoms with Crippen LogP contribution in [0, 0.1) is 0 Å². The molecule has 1 aliphatic carbocycles. The van der Waals surface area contributed by atoms with E-state index < -0.39 is 0 Å². The first-order valence-electron chi connectivity index (χ1n) is 3.43. The molecule has 1 heterocycles. The number of hydrogen-bond acceptors (Lipinski definition) is 4. The first-order chi connectivity index (χ1) is 4.92. The van der Waals surface area contributed by atoms with E-state index in [0.717, 1.165) is 11.4 Å². The Morgan fingerprint density at radius 3 is 2.90 bits per heavy atom. The molecule has 0 atom stereocenters. The van der Waals surface area contributed by atoms with Crippen LogP contribution >= 0.6 is 0 Å². The standard InChI is InChI=1S/C6H9N3O/c7-3-5-6(4-1-2-4)9-10-8-5/h4H,1-3,7H2. The van der Waals surface area contributed by atoms with Gasteiger partial charge < -0.3 is 5.73 Å². The second-order valence-corrected chi connectivity index (χ2v) is 2.57. The molecule has 1 aliphatic rings. The Hall–Kier alpha value is -0.900. The average molecular weight is 139 g/mol. The maximum atomic E-state index is 5.40. The smallest absolute Gasteiger partial charge is 0.122 e. The van der Waals surface area contributed by atoms with E-state index in [9.17, 15) is 0 Å². The molecular formula is C6H9N3O. The number of hydrogen-bond donors (Lipinski definition) is 1. The zero-order valence-corrected chi connectivity index (χ0v) is 5.58. The van der Waals surface area contributed by atoms with E-state index in [1.165, 1.54) is 12.8 Å². The summed E-state index contributed by atoms with van der Waals surface area (Å²) in [7, 11) is 0. The minimum atomic E-state index is 0.440. The summed E-state index contributed by atoms with van der Waals surface area (Å²) in [5, 5.41) is 7.47. The van der Waals surface area contributed by atoms with Crippen molar-refractivity contribution in [3.8, 4) is 0 Å². The second kappa shape index (κ2) is 2.05.